The van der Waals surface area contributed by atoms with E-state index in [2.05, 4.69) is 10.6 Å². The number of aryl methyl sites for hydroxylation is 1. The average Bonchev–Trinajstić information content (AvgIpc) is 2.49. The fourth-order valence-electron chi connectivity index (χ4n) is 1.88. The van der Waals surface area contributed by atoms with Crippen LogP contribution >= 0.6 is 0 Å². The molecule has 3 amide bonds. The number of carbonyl (C=O) groups is 2. The summed E-state index contributed by atoms with van der Waals surface area (Å²) in [5, 5.41) is 5.34. The van der Waals surface area contributed by atoms with Crippen LogP contribution in [0.3, 0.4) is 0 Å². The van der Waals surface area contributed by atoms with Crippen LogP contribution in [-0.2, 0) is 4.79 Å². The summed E-state index contributed by atoms with van der Waals surface area (Å²) >= 11 is 0. The van der Waals surface area contributed by atoms with Crippen LogP contribution in [0.5, 0.6) is 5.75 Å². The molecule has 0 unspecified atom stereocenters. The summed E-state index contributed by atoms with van der Waals surface area (Å²) in [5.41, 5.74) is 6.13. The van der Waals surface area contributed by atoms with Crippen molar-refractivity contribution in [3.63, 3.8) is 0 Å². The summed E-state index contributed by atoms with van der Waals surface area (Å²) in [4.78, 5) is 22.0. The SMILES string of the molecule is Cc1ccc(OCCNC(=O)CCCCCNC(N)=O)cc1. The van der Waals surface area contributed by atoms with Crippen molar-refractivity contribution < 1.29 is 14.3 Å². The molecule has 0 fully saturated rings. The molecule has 0 spiro atoms. The Morgan fingerprint density at radius 2 is 1.77 bits per heavy atom. The number of hydrogen-bond acceptors (Lipinski definition) is 3. The van der Waals surface area contributed by atoms with Gasteiger partial charge in [0.15, 0.2) is 0 Å². The monoisotopic (exact) mass is 307 g/mol. The molecule has 0 bridgehead atoms. The summed E-state index contributed by atoms with van der Waals surface area (Å²) in [6.07, 6.45) is 2.99. The zero-order valence-electron chi connectivity index (χ0n) is 13.1. The molecule has 6 heteroatoms. The minimum Gasteiger partial charge on any atom is -0.492 e. The van der Waals surface area contributed by atoms with Gasteiger partial charge in [0.2, 0.25) is 5.91 Å². The molecule has 6 nitrogen and oxygen atoms in total. The molecule has 0 heterocycles. The third-order valence-electron chi connectivity index (χ3n) is 3.09. The van der Waals surface area contributed by atoms with Crippen molar-refractivity contribution >= 4 is 11.9 Å². The summed E-state index contributed by atoms with van der Waals surface area (Å²) < 4.78 is 5.52. The summed E-state index contributed by atoms with van der Waals surface area (Å²) in [6.45, 7) is 3.53. The molecule has 122 valence electrons. The lowest BCUT2D eigenvalue weighted by atomic mass is 10.2. The Bertz CT molecular complexity index is 460. The molecule has 1 rings (SSSR count). The van der Waals surface area contributed by atoms with Crippen LogP contribution in [0.2, 0.25) is 0 Å². The number of ether oxygens (including phenoxy) is 1. The van der Waals surface area contributed by atoms with Gasteiger partial charge in [-0.05, 0) is 31.9 Å². The molecule has 0 saturated carbocycles. The Balaban J connectivity index is 1.97. The largest absolute Gasteiger partial charge is 0.492 e. The van der Waals surface area contributed by atoms with Crippen molar-refractivity contribution in [3.8, 4) is 5.75 Å². The van der Waals surface area contributed by atoms with Gasteiger partial charge in [0.05, 0.1) is 6.54 Å². The molecular formula is C16H25N3O3. The Kier molecular flexibility index (Phi) is 8.49. The van der Waals surface area contributed by atoms with Gasteiger partial charge in [-0.1, -0.05) is 24.1 Å². The highest BCUT2D eigenvalue weighted by molar-refractivity contribution is 5.75. The molecular weight excluding hydrogens is 282 g/mol. The minimum atomic E-state index is -0.508. The average molecular weight is 307 g/mol. The number of hydrogen-bond donors (Lipinski definition) is 3. The predicted molar refractivity (Wildman–Crippen MR) is 85.7 cm³/mol. The van der Waals surface area contributed by atoms with Crippen molar-refractivity contribution in [1.29, 1.82) is 0 Å². The zero-order valence-corrected chi connectivity index (χ0v) is 13.1. The highest BCUT2D eigenvalue weighted by Gasteiger charge is 2.01. The van der Waals surface area contributed by atoms with Gasteiger partial charge in [0, 0.05) is 13.0 Å². The molecule has 1 aromatic carbocycles. The summed E-state index contributed by atoms with van der Waals surface area (Å²) in [6, 6.07) is 7.29. The number of carbonyl (C=O) groups excluding carboxylic acids is 2. The van der Waals surface area contributed by atoms with E-state index in [4.69, 9.17) is 10.5 Å². The van der Waals surface area contributed by atoms with E-state index < -0.39 is 6.03 Å². The Labute approximate surface area is 131 Å². The van der Waals surface area contributed by atoms with Crippen LogP contribution < -0.4 is 21.1 Å². The van der Waals surface area contributed by atoms with Crippen LogP contribution in [0, 0.1) is 6.92 Å². The quantitative estimate of drug-likeness (QED) is 0.574. The lowest BCUT2D eigenvalue weighted by Gasteiger charge is -2.08. The number of nitrogens with one attached hydrogen (secondary N) is 2. The van der Waals surface area contributed by atoms with Crippen molar-refractivity contribution in [2.45, 2.75) is 32.6 Å². The maximum atomic E-state index is 11.6. The number of rotatable bonds is 10. The van der Waals surface area contributed by atoms with Gasteiger partial charge in [-0.25, -0.2) is 4.79 Å². The Hall–Kier alpha value is -2.24. The van der Waals surface area contributed by atoms with E-state index in [1.165, 1.54) is 5.56 Å². The van der Waals surface area contributed by atoms with Crippen LogP contribution in [0.25, 0.3) is 0 Å². The number of primary amides is 1. The third-order valence-corrected chi connectivity index (χ3v) is 3.09. The van der Waals surface area contributed by atoms with E-state index in [1.807, 2.05) is 31.2 Å². The highest BCUT2D eigenvalue weighted by Crippen LogP contribution is 2.10. The zero-order chi connectivity index (χ0) is 16.2. The Morgan fingerprint density at radius 1 is 1.05 bits per heavy atom. The number of nitrogens with two attached hydrogens (primary N) is 1. The van der Waals surface area contributed by atoms with E-state index in [0.29, 0.717) is 26.1 Å². The molecule has 0 aliphatic carbocycles. The van der Waals surface area contributed by atoms with Gasteiger partial charge < -0.3 is 21.1 Å². The van der Waals surface area contributed by atoms with Gasteiger partial charge >= 0.3 is 6.03 Å². The lowest BCUT2D eigenvalue weighted by Crippen LogP contribution is -2.30. The standard InChI is InChI=1S/C16H25N3O3/c1-13-6-8-14(9-7-13)22-12-11-18-15(20)5-3-2-4-10-19-16(17)21/h6-9H,2-5,10-12H2,1H3,(H,18,20)(H3,17,19,21). The van der Waals surface area contributed by atoms with E-state index in [1.54, 1.807) is 0 Å². The molecule has 0 aliphatic rings. The van der Waals surface area contributed by atoms with Gasteiger partial charge in [-0.2, -0.15) is 0 Å². The van der Waals surface area contributed by atoms with Crippen LogP contribution in [0.4, 0.5) is 4.79 Å². The van der Waals surface area contributed by atoms with E-state index in [0.717, 1.165) is 25.0 Å². The van der Waals surface area contributed by atoms with Crippen LogP contribution in [0.1, 0.15) is 31.2 Å². The van der Waals surface area contributed by atoms with Gasteiger partial charge in [0.25, 0.3) is 0 Å². The van der Waals surface area contributed by atoms with Gasteiger partial charge in [-0.3, -0.25) is 4.79 Å². The molecule has 0 atom stereocenters. The first-order chi connectivity index (χ1) is 10.6. The van der Waals surface area contributed by atoms with Gasteiger partial charge in [0.1, 0.15) is 12.4 Å². The first-order valence-corrected chi connectivity index (χ1v) is 7.57. The van der Waals surface area contributed by atoms with E-state index >= 15 is 0 Å². The summed E-state index contributed by atoms with van der Waals surface area (Å²) in [5.74, 6) is 0.831. The van der Waals surface area contributed by atoms with Crippen LogP contribution in [0.15, 0.2) is 24.3 Å². The van der Waals surface area contributed by atoms with E-state index in [-0.39, 0.29) is 5.91 Å². The molecule has 1 aromatic rings. The predicted octanol–water partition coefficient (Wildman–Crippen LogP) is 1.72. The Morgan fingerprint density at radius 3 is 2.45 bits per heavy atom. The normalized spacial score (nSPS) is 10.0. The molecule has 0 radical (unpaired) electrons. The minimum absolute atomic E-state index is 0.0235. The molecule has 0 saturated heterocycles. The van der Waals surface area contributed by atoms with Crippen molar-refractivity contribution in [3.05, 3.63) is 29.8 Å². The van der Waals surface area contributed by atoms with Crippen molar-refractivity contribution in [2.75, 3.05) is 19.7 Å². The maximum absolute atomic E-state index is 11.6. The summed E-state index contributed by atoms with van der Waals surface area (Å²) in [7, 11) is 0. The maximum Gasteiger partial charge on any atom is 0.312 e. The second kappa shape index (κ2) is 10.5. The first-order valence-electron chi connectivity index (χ1n) is 7.57. The molecule has 0 aromatic heterocycles. The van der Waals surface area contributed by atoms with Crippen LogP contribution in [-0.4, -0.2) is 31.6 Å². The lowest BCUT2D eigenvalue weighted by molar-refractivity contribution is -0.121. The fraction of sp³-hybridized carbons (Fsp3) is 0.500. The molecule has 0 aliphatic heterocycles. The smallest absolute Gasteiger partial charge is 0.312 e. The van der Waals surface area contributed by atoms with E-state index in [9.17, 15) is 9.59 Å². The number of unbranched alkanes of at least 4 members (excludes halogenated alkanes) is 2. The second-order valence-corrected chi connectivity index (χ2v) is 5.11. The van der Waals surface area contributed by atoms with Crippen molar-refractivity contribution in [1.82, 2.24) is 10.6 Å². The molecule has 4 N–H and O–H groups in total. The fourth-order valence-corrected chi connectivity index (χ4v) is 1.88. The molecule has 22 heavy (non-hydrogen) atoms. The topological polar surface area (TPSA) is 93.4 Å². The first kappa shape index (κ1) is 17.8. The van der Waals surface area contributed by atoms with Gasteiger partial charge in [-0.15, -0.1) is 0 Å². The third kappa shape index (κ3) is 8.84. The highest BCUT2D eigenvalue weighted by atomic mass is 16.5. The number of amides is 3. The second-order valence-electron chi connectivity index (χ2n) is 5.11. The van der Waals surface area contributed by atoms with Crippen molar-refractivity contribution in [2.24, 2.45) is 5.73 Å². The number of urea groups is 1. The number of benzene rings is 1.